The smallest absolute Gasteiger partial charge is 0.193 e. The maximum absolute atomic E-state index is 12.1. The molecule has 1 aliphatic heterocycles. The van der Waals surface area contributed by atoms with E-state index in [1.807, 2.05) is 29.9 Å². The molecule has 3 nitrogen and oxygen atoms in total. The fourth-order valence-electron chi connectivity index (χ4n) is 2.88. The molecule has 0 aromatic carbocycles. The summed E-state index contributed by atoms with van der Waals surface area (Å²) in [7, 11) is 1.93. The Morgan fingerprint density at radius 2 is 2.11 bits per heavy atom. The van der Waals surface area contributed by atoms with Gasteiger partial charge in [0.15, 0.2) is 5.78 Å². The molecule has 2 rings (SSSR count). The number of Topliss-reactive ketones (excluding diaryl/α,β-unsaturated/α-hetero) is 1. The molecule has 2 heterocycles. The zero-order valence-electron chi connectivity index (χ0n) is 11.6. The lowest BCUT2D eigenvalue weighted by Crippen LogP contribution is -2.37. The second-order valence-electron chi connectivity index (χ2n) is 5.44. The van der Waals surface area contributed by atoms with Gasteiger partial charge in [0.2, 0.25) is 0 Å². The van der Waals surface area contributed by atoms with E-state index in [1.54, 1.807) is 0 Å². The molecule has 0 bridgehead atoms. The van der Waals surface area contributed by atoms with Crippen molar-refractivity contribution in [3.63, 3.8) is 0 Å². The molecule has 1 aromatic rings. The molecule has 0 N–H and O–H groups in total. The number of aromatic nitrogens is 1. The van der Waals surface area contributed by atoms with Crippen molar-refractivity contribution < 1.29 is 4.79 Å². The fraction of sp³-hybridized carbons (Fsp3) is 0.667. The van der Waals surface area contributed by atoms with Crippen LogP contribution in [0.15, 0.2) is 18.3 Å². The zero-order chi connectivity index (χ0) is 13.0. The molecule has 1 saturated heterocycles. The first kappa shape index (κ1) is 13.3. The Hall–Kier alpha value is -1.09. The summed E-state index contributed by atoms with van der Waals surface area (Å²) in [6.45, 7) is 5.00. The first-order chi connectivity index (χ1) is 8.70. The van der Waals surface area contributed by atoms with Crippen LogP contribution in [0.3, 0.4) is 0 Å². The van der Waals surface area contributed by atoms with E-state index < -0.39 is 0 Å². The van der Waals surface area contributed by atoms with Gasteiger partial charge >= 0.3 is 0 Å². The van der Waals surface area contributed by atoms with E-state index in [0.717, 1.165) is 24.7 Å². The third-order valence-electron chi connectivity index (χ3n) is 4.00. The average Bonchev–Trinajstić information content (AvgIpc) is 2.78. The van der Waals surface area contributed by atoms with Gasteiger partial charge in [-0.15, -0.1) is 0 Å². The van der Waals surface area contributed by atoms with Gasteiger partial charge in [0.25, 0.3) is 0 Å². The average molecular weight is 248 g/mol. The normalized spacial score (nSPS) is 18.1. The maximum Gasteiger partial charge on any atom is 0.193 e. The van der Waals surface area contributed by atoms with Crippen LogP contribution >= 0.6 is 0 Å². The standard InChI is InChI=1S/C15H24N2O/c1-3-5-13-7-10-17(11-8-13)12-15(18)14-6-4-9-16(14)2/h4,6,9,13H,3,5,7-8,10-12H2,1-2H3. The predicted molar refractivity (Wildman–Crippen MR) is 73.8 cm³/mol. The summed E-state index contributed by atoms with van der Waals surface area (Å²) in [5.41, 5.74) is 0.825. The van der Waals surface area contributed by atoms with Crippen LogP contribution in [-0.2, 0) is 7.05 Å². The largest absolute Gasteiger partial charge is 0.348 e. The highest BCUT2D eigenvalue weighted by Gasteiger charge is 2.21. The molecule has 0 saturated carbocycles. The number of carbonyl (C=O) groups is 1. The number of ketones is 1. The second kappa shape index (κ2) is 6.19. The van der Waals surface area contributed by atoms with E-state index in [1.165, 1.54) is 25.7 Å². The highest BCUT2D eigenvalue weighted by Crippen LogP contribution is 2.21. The van der Waals surface area contributed by atoms with Crippen LogP contribution in [0, 0.1) is 5.92 Å². The van der Waals surface area contributed by atoms with Gasteiger partial charge in [-0.25, -0.2) is 0 Å². The van der Waals surface area contributed by atoms with Crippen molar-refractivity contribution >= 4 is 5.78 Å². The third-order valence-corrected chi connectivity index (χ3v) is 4.00. The van der Waals surface area contributed by atoms with Crippen molar-refractivity contribution in [1.82, 2.24) is 9.47 Å². The molecule has 0 radical (unpaired) electrons. The monoisotopic (exact) mass is 248 g/mol. The van der Waals surface area contributed by atoms with Crippen molar-refractivity contribution in [2.45, 2.75) is 32.6 Å². The number of likely N-dealkylation sites (tertiary alicyclic amines) is 1. The molecule has 18 heavy (non-hydrogen) atoms. The Balaban J connectivity index is 1.81. The lowest BCUT2D eigenvalue weighted by molar-refractivity contribution is 0.0885. The van der Waals surface area contributed by atoms with Crippen LogP contribution in [-0.4, -0.2) is 34.9 Å². The maximum atomic E-state index is 12.1. The van der Waals surface area contributed by atoms with Gasteiger partial charge in [0.05, 0.1) is 12.2 Å². The minimum Gasteiger partial charge on any atom is -0.348 e. The molecule has 0 aliphatic carbocycles. The van der Waals surface area contributed by atoms with Crippen LogP contribution < -0.4 is 0 Å². The number of carbonyl (C=O) groups excluding carboxylic acids is 1. The highest BCUT2D eigenvalue weighted by molar-refractivity contribution is 5.96. The molecular formula is C15H24N2O. The molecule has 3 heteroatoms. The number of rotatable bonds is 5. The quantitative estimate of drug-likeness (QED) is 0.749. The first-order valence-corrected chi connectivity index (χ1v) is 7.07. The SMILES string of the molecule is CCCC1CCN(CC(=O)c2cccn2C)CC1. The molecule has 1 aliphatic rings. The number of hydrogen-bond donors (Lipinski definition) is 0. The summed E-state index contributed by atoms with van der Waals surface area (Å²) in [6, 6.07) is 3.84. The predicted octanol–water partition coefficient (Wildman–Crippen LogP) is 2.72. The number of nitrogens with zero attached hydrogens (tertiary/aromatic N) is 2. The molecule has 1 aromatic heterocycles. The van der Waals surface area contributed by atoms with E-state index in [4.69, 9.17) is 0 Å². The zero-order valence-corrected chi connectivity index (χ0v) is 11.6. The van der Waals surface area contributed by atoms with Crippen LogP contribution in [0.2, 0.25) is 0 Å². The number of aryl methyl sites for hydroxylation is 1. The van der Waals surface area contributed by atoms with Gasteiger partial charge in [0.1, 0.15) is 0 Å². The molecule has 0 spiro atoms. The Labute approximate surface area is 110 Å². The van der Waals surface area contributed by atoms with Gasteiger partial charge in [-0.1, -0.05) is 19.8 Å². The van der Waals surface area contributed by atoms with Crippen LogP contribution in [0.25, 0.3) is 0 Å². The fourth-order valence-corrected chi connectivity index (χ4v) is 2.88. The van der Waals surface area contributed by atoms with E-state index in [9.17, 15) is 4.79 Å². The topological polar surface area (TPSA) is 25.2 Å². The van der Waals surface area contributed by atoms with Crippen molar-refractivity contribution in [1.29, 1.82) is 0 Å². The Morgan fingerprint density at radius 1 is 1.39 bits per heavy atom. The summed E-state index contributed by atoms with van der Waals surface area (Å²) in [5.74, 6) is 1.13. The minimum absolute atomic E-state index is 0.247. The van der Waals surface area contributed by atoms with Crippen LogP contribution in [0.4, 0.5) is 0 Å². The Bertz CT molecular complexity index is 389. The third kappa shape index (κ3) is 3.22. The molecule has 100 valence electrons. The summed E-state index contributed by atoms with van der Waals surface area (Å²) < 4.78 is 1.91. The Kier molecular flexibility index (Phi) is 4.59. The summed E-state index contributed by atoms with van der Waals surface area (Å²) in [4.78, 5) is 14.4. The van der Waals surface area contributed by atoms with Crippen molar-refractivity contribution in [2.75, 3.05) is 19.6 Å². The molecule has 1 fully saturated rings. The van der Waals surface area contributed by atoms with Crippen molar-refractivity contribution in [3.8, 4) is 0 Å². The van der Waals surface area contributed by atoms with E-state index in [0.29, 0.717) is 6.54 Å². The highest BCUT2D eigenvalue weighted by atomic mass is 16.1. The van der Waals surface area contributed by atoms with Crippen molar-refractivity contribution in [3.05, 3.63) is 24.0 Å². The summed E-state index contributed by atoms with van der Waals surface area (Å²) >= 11 is 0. The van der Waals surface area contributed by atoms with Crippen molar-refractivity contribution in [2.24, 2.45) is 13.0 Å². The van der Waals surface area contributed by atoms with Crippen LogP contribution in [0.1, 0.15) is 43.1 Å². The minimum atomic E-state index is 0.247. The summed E-state index contributed by atoms with van der Waals surface area (Å²) in [5, 5.41) is 0. The van der Waals surface area contributed by atoms with E-state index in [2.05, 4.69) is 11.8 Å². The second-order valence-corrected chi connectivity index (χ2v) is 5.44. The first-order valence-electron chi connectivity index (χ1n) is 7.07. The number of piperidine rings is 1. The molecule has 0 atom stereocenters. The molecular weight excluding hydrogens is 224 g/mol. The van der Waals surface area contributed by atoms with Gasteiger partial charge in [-0.05, 0) is 44.0 Å². The lowest BCUT2D eigenvalue weighted by atomic mass is 9.92. The van der Waals surface area contributed by atoms with Gasteiger partial charge in [-0.2, -0.15) is 0 Å². The Morgan fingerprint density at radius 3 is 2.67 bits per heavy atom. The van der Waals surface area contributed by atoms with E-state index in [-0.39, 0.29) is 5.78 Å². The van der Waals surface area contributed by atoms with Crippen LogP contribution in [0.5, 0.6) is 0 Å². The van der Waals surface area contributed by atoms with E-state index >= 15 is 0 Å². The molecule has 0 amide bonds. The van der Waals surface area contributed by atoms with Gasteiger partial charge in [-0.3, -0.25) is 9.69 Å². The lowest BCUT2D eigenvalue weighted by Gasteiger charge is -2.31. The molecule has 0 unspecified atom stereocenters. The summed E-state index contributed by atoms with van der Waals surface area (Å²) in [6.07, 6.45) is 7.08. The van der Waals surface area contributed by atoms with Gasteiger partial charge in [0, 0.05) is 13.2 Å². The number of hydrogen-bond acceptors (Lipinski definition) is 2. The van der Waals surface area contributed by atoms with Gasteiger partial charge < -0.3 is 4.57 Å².